The van der Waals surface area contributed by atoms with Crippen LogP contribution in [0.1, 0.15) is 69.2 Å². The van der Waals surface area contributed by atoms with Crippen molar-refractivity contribution in [3.8, 4) is 0 Å². The highest BCUT2D eigenvalue weighted by atomic mass is 14.9. The minimum absolute atomic E-state index is 0.588. The molecule has 0 radical (unpaired) electrons. The van der Waals surface area contributed by atoms with Crippen LogP contribution in [0, 0.1) is 23.7 Å². The highest BCUT2D eigenvalue weighted by Gasteiger charge is 2.27. The topological polar surface area (TPSA) is 12.0 Å². The van der Waals surface area contributed by atoms with E-state index in [1.54, 1.807) is 16.7 Å². The van der Waals surface area contributed by atoms with Gasteiger partial charge in [0.1, 0.15) is 0 Å². The zero-order valence-electron chi connectivity index (χ0n) is 15.5. The average molecular weight is 280 g/mol. The smallest absolute Gasteiger partial charge is 0.0365 e. The highest BCUT2D eigenvalue weighted by molar-refractivity contribution is 5.45. The summed E-state index contributed by atoms with van der Waals surface area (Å²) >= 11 is 0. The molecule has 1 heteroatoms. The van der Waals surface area contributed by atoms with E-state index in [4.69, 9.17) is 0 Å². The van der Waals surface area contributed by atoms with Gasteiger partial charge in [-0.2, -0.15) is 0 Å². The van der Waals surface area contributed by atoms with Crippen molar-refractivity contribution >= 4 is 0 Å². The van der Waals surface area contributed by atoms with Crippen molar-refractivity contribution in [2.24, 2.45) is 23.7 Å². The summed E-state index contributed by atoms with van der Waals surface area (Å²) in [5.74, 6) is 2.44. The van der Waals surface area contributed by atoms with Crippen LogP contribution in [0.4, 0.5) is 0 Å². The molecule has 0 saturated carbocycles. The summed E-state index contributed by atoms with van der Waals surface area (Å²) in [6, 6.07) is 0. The van der Waals surface area contributed by atoms with Gasteiger partial charge in [0.2, 0.25) is 0 Å². The minimum atomic E-state index is 0.588. The van der Waals surface area contributed by atoms with Gasteiger partial charge in [-0.25, -0.2) is 0 Å². The SMILES string of the molecule is CC.CC(C)C1=C(C(C)C)C(C(C)C)=C(C(C)C)NC1. The molecule has 1 N–H and O–H groups in total. The van der Waals surface area contributed by atoms with Crippen LogP contribution in [-0.2, 0) is 0 Å². The highest BCUT2D eigenvalue weighted by Crippen LogP contribution is 2.37. The normalized spacial score (nSPS) is 16.1. The van der Waals surface area contributed by atoms with Gasteiger partial charge in [0.05, 0.1) is 0 Å². The Morgan fingerprint density at radius 2 is 1.10 bits per heavy atom. The minimum Gasteiger partial charge on any atom is -0.384 e. The maximum Gasteiger partial charge on any atom is 0.0365 e. The number of dihydropyridines is 1. The van der Waals surface area contributed by atoms with Crippen molar-refractivity contribution in [2.45, 2.75) is 69.2 Å². The van der Waals surface area contributed by atoms with E-state index in [0.717, 1.165) is 6.54 Å². The van der Waals surface area contributed by atoms with Crippen LogP contribution in [0.15, 0.2) is 22.4 Å². The van der Waals surface area contributed by atoms with Crippen molar-refractivity contribution in [2.75, 3.05) is 6.54 Å². The number of rotatable bonds is 4. The fraction of sp³-hybridized carbons (Fsp3) is 0.789. The summed E-state index contributed by atoms with van der Waals surface area (Å²) in [4.78, 5) is 0. The van der Waals surface area contributed by atoms with Crippen molar-refractivity contribution in [1.29, 1.82) is 0 Å². The summed E-state index contributed by atoms with van der Waals surface area (Å²) in [5.41, 5.74) is 6.29. The molecule has 0 spiro atoms. The van der Waals surface area contributed by atoms with Crippen LogP contribution in [0.2, 0.25) is 0 Å². The predicted octanol–water partition coefficient (Wildman–Crippen LogP) is 5.79. The second-order valence-electron chi connectivity index (χ2n) is 6.74. The molecule has 0 unspecified atom stereocenters. The zero-order valence-corrected chi connectivity index (χ0v) is 15.5. The van der Waals surface area contributed by atoms with Gasteiger partial charge < -0.3 is 5.32 Å². The zero-order chi connectivity index (χ0) is 16.0. The fourth-order valence-corrected chi connectivity index (χ4v) is 3.03. The third-order valence-electron chi connectivity index (χ3n) is 3.82. The first-order chi connectivity index (χ1) is 9.27. The second-order valence-corrected chi connectivity index (χ2v) is 6.74. The molecule has 0 saturated heterocycles. The molecule has 1 aliphatic heterocycles. The van der Waals surface area contributed by atoms with Crippen molar-refractivity contribution < 1.29 is 0 Å². The Balaban J connectivity index is 0.00000172. The van der Waals surface area contributed by atoms with Crippen LogP contribution in [0.3, 0.4) is 0 Å². The lowest BCUT2D eigenvalue weighted by Gasteiger charge is -2.35. The molecule has 0 aliphatic carbocycles. The maximum atomic E-state index is 3.69. The number of nitrogens with one attached hydrogen (secondary N) is 1. The van der Waals surface area contributed by atoms with Gasteiger partial charge >= 0.3 is 0 Å². The Bertz CT molecular complexity index is 318. The standard InChI is InChI=1S/C17H31N.C2H6/c1-10(2)14-9-18-17(13(7)8)16(12(5)6)15(14)11(3)4;1-2/h10-13,18H,9H2,1-8H3;1-2H3. The molecule has 1 aliphatic rings. The summed E-state index contributed by atoms with van der Waals surface area (Å²) in [6.07, 6.45) is 0. The van der Waals surface area contributed by atoms with Crippen LogP contribution in [0.5, 0.6) is 0 Å². The average Bonchev–Trinajstić information content (AvgIpc) is 2.38. The Morgan fingerprint density at radius 1 is 0.650 bits per heavy atom. The third-order valence-corrected chi connectivity index (χ3v) is 3.82. The molecular formula is C19H37N. The van der Waals surface area contributed by atoms with E-state index >= 15 is 0 Å². The quantitative estimate of drug-likeness (QED) is 0.686. The first kappa shape index (κ1) is 19.3. The van der Waals surface area contributed by atoms with Crippen LogP contribution >= 0.6 is 0 Å². The number of hydrogen-bond donors (Lipinski definition) is 1. The van der Waals surface area contributed by atoms with Gasteiger partial charge in [0, 0.05) is 12.2 Å². The summed E-state index contributed by atoms with van der Waals surface area (Å²) in [5, 5.41) is 3.69. The molecule has 0 bridgehead atoms. The lowest BCUT2D eigenvalue weighted by Crippen LogP contribution is -2.32. The molecule has 1 heterocycles. The largest absolute Gasteiger partial charge is 0.384 e. The molecule has 20 heavy (non-hydrogen) atoms. The molecule has 0 aromatic rings. The molecule has 0 fully saturated rings. The molecule has 118 valence electrons. The van der Waals surface area contributed by atoms with Gasteiger partial charge in [-0.3, -0.25) is 0 Å². The number of allylic oxidation sites excluding steroid dienone is 3. The van der Waals surface area contributed by atoms with Gasteiger partial charge in [0.25, 0.3) is 0 Å². The van der Waals surface area contributed by atoms with E-state index in [2.05, 4.69) is 60.7 Å². The molecule has 1 nitrogen and oxygen atoms in total. The molecule has 0 aromatic heterocycles. The first-order valence-corrected chi connectivity index (χ1v) is 8.48. The predicted molar refractivity (Wildman–Crippen MR) is 92.8 cm³/mol. The Morgan fingerprint density at radius 3 is 1.40 bits per heavy atom. The first-order valence-electron chi connectivity index (χ1n) is 8.48. The Hall–Kier alpha value is -0.720. The second kappa shape index (κ2) is 8.54. The maximum absolute atomic E-state index is 3.69. The van der Waals surface area contributed by atoms with Crippen molar-refractivity contribution in [3.63, 3.8) is 0 Å². The van der Waals surface area contributed by atoms with Crippen molar-refractivity contribution in [1.82, 2.24) is 5.32 Å². The van der Waals surface area contributed by atoms with Gasteiger partial charge in [-0.1, -0.05) is 69.2 Å². The molecular weight excluding hydrogens is 242 g/mol. The monoisotopic (exact) mass is 279 g/mol. The van der Waals surface area contributed by atoms with E-state index in [-0.39, 0.29) is 0 Å². The van der Waals surface area contributed by atoms with Gasteiger partial charge in [0.15, 0.2) is 0 Å². The van der Waals surface area contributed by atoms with Crippen molar-refractivity contribution in [3.05, 3.63) is 22.4 Å². The van der Waals surface area contributed by atoms with E-state index in [0.29, 0.717) is 23.7 Å². The van der Waals surface area contributed by atoms with Crippen LogP contribution in [-0.4, -0.2) is 6.54 Å². The summed E-state index contributed by atoms with van der Waals surface area (Å²) in [7, 11) is 0. The molecule has 0 atom stereocenters. The molecule has 1 rings (SSSR count). The van der Waals surface area contributed by atoms with Gasteiger partial charge in [-0.05, 0) is 40.4 Å². The lowest BCUT2D eigenvalue weighted by molar-refractivity contribution is 0.556. The number of hydrogen-bond acceptors (Lipinski definition) is 1. The van der Waals surface area contributed by atoms with Crippen LogP contribution in [0.25, 0.3) is 0 Å². The summed E-state index contributed by atoms with van der Waals surface area (Å²) < 4.78 is 0. The summed E-state index contributed by atoms with van der Waals surface area (Å²) in [6.45, 7) is 23.6. The Labute approximate surface area is 127 Å². The van der Waals surface area contributed by atoms with E-state index in [1.807, 2.05) is 13.8 Å². The van der Waals surface area contributed by atoms with E-state index in [9.17, 15) is 0 Å². The van der Waals surface area contributed by atoms with Crippen LogP contribution < -0.4 is 5.32 Å². The third kappa shape index (κ3) is 4.40. The molecule has 0 aromatic carbocycles. The Kier molecular flexibility index (Phi) is 8.23. The van der Waals surface area contributed by atoms with E-state index < -0.39 is 0 Å². The fourth-order valence-electron chi connectivity index (χ4n) is 3.03. The molecule has 0 amide bonds. The van der Waals surface area contributed by atoms with E-state index in [1.165, 1.54) is 5.70 Å². The lowest BCUT2D eigenvalue weighted by atomic mass is 9.77. The van der Waals surface area contributed by atoms with Gasteiger partial charge in [-0.15, -0.1) is 0 Å².